The van der Waals surface area contributed by atoms with Gasteiger partial charge in [-0.25, -0.2) is 14.1 Å². The third-order valence-corrected chi connectivity index (χ3v) is 5.42. The Morgan fingerprint density at radius 2 is 2.07 bits per heavy atom. The van der Waals surface area contributed by atoms with Crippen LogP contribution >= 0.6 is 0 Å². The van der Waals surface area contributed by atoms with E-state index in [4.69, 9.17) is 10.5 Å². The number of hydrogen-bond donors (Lipinski definition) is 1. The minimum atomic E-state index is -0.470. The molecule has 1 aliphatic heterocycles. The summed E-state index contributed by atoms with van der Waals surface area (Å²) in [5.74, 6) is 0.395. The molecule has 1 atom stereocenters. The van der Waals surface area contributed by atoms with E-state index in [-0.39, 0.29) is 11.6 Å². The van der Waals surface area contributed by atoms with Gasteiger partial charge in [-0.3, -0.25) is 4.68 Å². The standard InChI is InChI=1S/C22H21FN6O/c1-3-28-21-14(12-27-28)8-17-6-7-26-29(17)19-5-4-16(23)10-18(19)13(2)30-20-9-15(21)11-25-22(20)24/h4-7,9-13H,3,8H2,1-2H3,(H2,24,25). The molecule has 30 heavy (non-hydrogen) atoms. The Bertz CT molecular complexity index is 1240. The summed E-state index contributed by atoms with van der Waals surface area (Å²) >= 11 is 0. The number of ether oxygens (including phenoxy) is 1. The zero-order valence-corrected chi connectivity index (χ0v) is 16.7. The van der Waals surface area contributed by atoms with E-state index in [1.807, 2.05) is 41.5 Å². The molecule has 0 radical (unpaired) electrons. The summed E-state index contributed by atoms with van der Waals surface area (Å²) in [6, 6.07) is 8.47. The zero-order valence-electron chi connectivity index (χ0n) is 16.7. The number of fused-ring (bicyclic) bond motifs is 7. The molecule has 8 heteroatoms. The number of nitrogen functional groups attached to an aromatic ring is 1. The number of hydrogen-bond acceptors (Lipinski definition) is 5. The predicted molar refractivity (Wildman–Crippen MR) is 111 cm³/mol. The summed E-state index contributed by atoms with van der Waals surface area (Å²) < 4.78 is 24.1. The van der Waals surface area contributed by atoms with Crippen molar-refractivity contribution in [2.24, 2.45) is 0 Å². The second-order valence-corrected chi connectivity index (χ2v) is 7.32. The number of aryl methyl sites for hydroxylation is 1. The average Bonchev–Trinajstić information content (AvgIpc) is 3.36. The lowest BCUT2D eigenvalue weighted by molar-refractivity contribution is 0.226. The van der Waals surface area contributed by atoms with Gasteiger partial charge in [0, 0.05) is 47.7 Å². The molecule has 2 N–H and O–H groups in total. The van der Waals surface area contributed by atoms with Crippen molar-refractivity contribution in [2.75, 3.05) is 5.73 Å². The molecule has 1 aliphatic rings. The largest absolute Gasteiger partial charge is 0.482 e. The summed E-state index contributed by atoms with van der Waals surface area (Å²) in [5, 5.41) is 9.06. The first kappa shape index (κ1) is 18.4. The average molecular weight is 404 g/mol. The van der Waals surface area contributed by atoms with Gasteiger partial charge in [-0.1, -0.05) is 0 Å². The highest BCUT2D eigenvalue weighted by molar-refractivity contribution is 5.67. The summed E-state index contributed by atoms with van der Waals surface area (Å²) in [4.78, 5) is 4.34. The zero-order chi connectivity index (χ0) is 20.8. The molecule has 5 rings (SSSR count). The summed E-state index contributed by atoms with van der Waals surface area (Å²) in [5.41, 5.74) is 11.4. The summed E-state index contributed by atoms with van der Waals surface area (Å²) in [6.45, 7) is 4.62. The van der Waals surface area contributed by atoms with Gasteiger partial charge in [0.05, 0.1) is 17.6 Å². The number of benzene rings is 1. The number of nitrogens with two attached hydrogens (primary N) is 1. The number of halogens is 1. The minimum absolute atomic E-state index is 0.282. The SMILES string of the molecule is CCn1ncc2c1-c1cnc(N)c(c1)OC(C)c1cc(F)ccc1-n1nccc1C2. The lowest BCUT2D eigenvalue weighted by Crippen LogP contribution is -2.13. The van der Waals surface area contributed by atoms with Gasteiger partial charge in [0.2, 0.25) is 0 Å². The van der Waals surface area contributed by atoms with Crippen LogP contribution in [0.5, 0.6) is 5.75 Å². The van der Waals surface area contributed by atoms with Crippen LogP contribution in [0.1, 0.15) is 36.8 Å². The molecular weight excluding hydrogens is 383 g/mol. The molecule has 152 valence electrons. The van der Waals surface area contributed by atoms with E-state index in [1.54, 1.807) is 18.5 Å². The van der Waals surface area contributed by atoms with E-state index < -0.39 is 6.10 Å². The minimum Gasteiger partial charge on any atom is -0.482 e. The van der Waals surface area contributed by atoms with E-state index in [9.17, 15) is 4.39 Å². The molecule has 2 bridgehead atoms. The first-order valence-electron chi connectivity index (χ1n) is 9.85. The van der Waals surface area contributed by atoms with Crippen LogP contribution in [0.4, 0.5) is 10.2 Å². The number of rotatable bonds is 1. The molecule has 3 aromatic heterocycles. The van der Waals surface area contributed by atoms with E-state index in [0.717, 1.165) is 28.2 Å². The lowest BCUT2D eigenvalue weighted by atomic mass is 10.0. The lowest BCUT2D eigenvalue weighted by Gasteiger charge is -2.21. The first-order chi connectivity index (χ1) is 14.5. The molecular formula is C22H21FN6O. The Morgan fingerprint density at radius 3 is 2.90 bits per heavy atom. The van der Waals surface area contributed by atoms with Crippen LogP contribution in [0.2, 0.25) is 0 Å². The highest BCUT2D eigenvalue weighted by Gasteiger charge is 2.22. The van der Waals surface area contributed by atoms with Crippen molar-refractivity contribution in [2.45, 2.75) is 32.9 Å². The number of anilines is 1. The molecule has 1 aromatic carbocycles. The van der Waals surface area contributed by atoms with Gasteiger partial charge in [0.25, 0.3) is 0 Å². The Hall–Kier alpha value is -3.68. The van der Waals surface area contributed by atoms with Gasteiger partial charge in [0.15, 0.2) is 11.6 Å². The predicted octanol–water partition coefficient (Wildman–Crippen LogP) is 3.92. The maximum Gasteiger partial charge on any atom is 0.166 e. The quantitative estimate of drug-likeness (QED) is 0.520. The summed E-state index contributed by atoms with van der Waals surface area (Å²) in [7, 11) is 0. The van der Waals surface area contributed by atoms with E-state index in [1.165, 1.54) is 12.1 Å². The molecule has 0 saturated heterocycles. The summed E-state index contributed by atoms with van der Waals surface area (Å²) in [6.07, 6.45) is 5.49. The Morgan fingerprint density at radius 1 is 1.20 bits per heavy atom. The molecule has 1 unspecified atom stereocenters. The van der Waals surface area contributed by atoms with Gasteiger partial charge >= 0.3 is 0 Å². The van der Waals surface area contributed by atoms with Gasteiger partial charge in [-0.15, -0.1) is 0 Å². The first-order valence-corrected chi connectivity index (χ1v) is 9.85. The van der Waals surface area contributed by atoms with E-state index >= 15 is 0 Å². The molecule has 0 spiro atoms. The van der Waals surface area contributed by atoms with Crippen LogP contribution in [-0.4, -0.2) is 24.5 Å². The Labute approximate surface area is 172 Å². The van der Waals surface area contributed by atoms with Crippen LogP contribution in [0.25, 0.3) is 16.9 Å². The van der Waals surface area contributed by atoms with Crippen molar-refractivity contribution in [1.29, 1.82) is 0 Å². The fourth-order valence-electron chi connectivity index (χ4n) is 3.98. The fourth-order valence-corrected chi connectivity index (χ4v) is 3.98. The third-order valence-electron chi connectivity index (χ3n) is 5.42. The maximum atomic E-state index is 14.1. The van der Waals surface area contributed by atoms with Crippen molar-refractivity contribution in [3.63, 3.8) is 0 Å². The molecule has 4 aromatic rings. The van der Waals surface area contributed by atoms with Gasteiger partial charge in [-0.2, -0.15) is 10.2 Å². The van der Waals surface area contributed by atoms with Gasteiger partial charge in [-0.05, 0) is 44.2 Å². The van der Waals surface area contributed by atoms with Gasteiger partial charge in [0.1, 0.15) is 11.9 Å². The molecule has 4 heterocycles. The van der Waals surface area contributed by atoms with Crippen molar-refractivity contribution in [3.05, 3.63) is 71.6 Å². The third kappa shape index (κ3) is 2.92. The molecule has 0 amide bonds. The second kappa shape index (κ2) is 6.98. The second-order valence-electron chi connectivity index (χ2n) is 7.32. The van der Waals surface area contributed by atoms with Crippen molar-refractivity contribution >= 4 is 5.82 Å². The smallest absolute Gasteiger partial charge is 0.166 e. The Balaban J connectivity index is 1.79. The van der Waals surface area contributed by atoms with E-state index in [2.05, 4.69) is 15.2 Å². The van der Waals surface area contributed by atoms with Crippen LogP contribution in [0, 0.1) is 5.82 Å². The van der Waals surface area contributed by atoms with Crippen LogP contribution < -0.4 is 10.5 Å². The van der Waals surface area contributed by atoms with Gasteiger partial charge < -0.3 is 10.5 Å². The fraction of sp³-hybridized carbons (Fsp3) is 0.227. The van der Waals surface area contributed by atoms with E-state index in [0.29, 0.717) is 24.3 Å². The monoisotopic (exact) mass is 404 g/mol. The molecule has 0 saturated carbocycles. The Kier molecular flexibility index (Phi) is 4.27. The maximum absolute atomic E-state index is 14.1. The number of pyridine rings is 1. The highest BCUT2D eigenvalue weighted by Crippen LogP contribution is 2.35. The van der Waals surface area contributed by atoms with Crippen LogP contribution in [-0.2, 0) is 13.0 Å². The molecule has 0 aliphatic carbocycles. The van der Waals surface area contributed by atoms with Crippen molar-refractivity contribution in [3.8, 4) is 22.7 Å². The van der Waals surface area contributed by atoms with Crippen LogP contribution in [0.3, 0.4) is 0 Å². The number of aromatic nitrogens is 5. The molecule has 0 fully saturated rings. The van der Waals surface area contributed by atoms with Crippen LogP contribution in [0.15, 0.2) is 48.9 Å². The topological polar surface area (TPSA) is 83.8 Å². The molecule has 7 nitrogen and oxygen atoms in total. The normalized spacial score (nSPS) is 15.2. The highest BCUT2D eigenvalue weighted by atomic mass is 19.1. The number of nitrogens with zero attached hydrogens (tertiary/aromatic N) is 5. The van der Waals surface area contributed by atoms with Crippen molar-refractivity contribution in [1.82, 2.24) is 24.5 Å². The van der Waals surface area contributed by atoms with Crippen molar-refractivity contribution < 1.29 is 9.13 Å².